The predicted octanol–water partition coefficient (Wildman–Crippen LogP) is 5.01. The van der Waals surface area contributed by atoms with Crippen molar-refractivity contribution in [1.82, 2.24) is 10.2 Å². The molecular formula is C23H26N2O5. The average Bonchev–Trinajstić information content (AvgIpc) is 3.23. The van der Waals surface area contributed by atoms with Crippen LogP contribution in [0.4, 0.5) is 0 Å². The molecule has 3 aromatic rings. The third kappa shape index (κ3) is 5.17. The van der Waals surface area contributed by atoms with E-state index in [1.807, 2.05) is 31.2 Å². The van der Waals surface area contributed by atoms with Gasteiger partial charge in [-0.25, -0.2) is 4.79 Å². The fourth-order valence-electron chi connectivity index (χ4n) is 2.66. The Morgan fingerprint density at radius 1 is 1.03 bits per heavy atom. The van der Waals surface area contributed by atoms with E-state index in [0.29, 0.717) is 35.5 Å². The third-order valence-electron chi connectivity index (χ3n) is 4.34. The summed E-state index contributed by atoms with van der Waals surface area (Å²) >= 11 is 0. The summed E-state index contributed by atoms with van der Waals surface area (Å²) in [5.41, 5.74) is 2.28. The zero-order chi connectivity index (χ0) is 21.7. The number of aromatic nitrogens is 2. The largest absolute Gasteiger partial charge is 0.493 e. The molecule has 0 bridgehead atoms. The highest BCUT2D eigenvalue weighted by atomic mass is 16.6. The Kier molecular flexibility index (Phi) is 6.72. The minimum Gasteiger partial charge on any atom is -0.493 e. The highest BCUT2D eigenvalue weighted by Gasteiger charge is 2.21. The second kappa shape index (κ2) is 9.43. The molecule has 0 aliphatic carbocycles. The van der Waals surface area contributed by atoms with Crippen LogP contribution in [0.2, 0.25) is 0 Å². The lowest BCUT2D eigenvalue weighted by molar-refractivity contribution is 0.0279. The number of rotatable bonds is 8. The van der Waals surface area contributed by atoms with Gasteiger partial charge in [-0.3, -0.25) is 0 Å². The Bertz CT molecular complexity index is 995. The van der Waals surface area contributed by atoms with Crippen molar-refractivity contribution in [3.05, 3.63) is 59.5 Å². The number of carbonyl (C=O) groups excluding carboxylic acids is 1. The summed E-state index contributed by atoms with van der Waals surface area (Å²) in [5.74, 6) is 1.50. The van der Waals surface area contributed by atoms with Crippen LogP contribution in [0.1, 0.15) is 48.7 Å². The molecule has 3 rings (SSSR count). The van der Waals surface area contributed by atoms with Gasteiger partial charge in [-0.05, 0) is 50.1 Å². The molecular weight excluding hydrogens is 384 g/mol. The van der Waals surface area contributed by atoms with Crippen LogP contribution in [0.15, 0.2) is 46.9 Å². The Balaban J connectivity index is 1.69. The summed E-state index contributed by atoms with van der Waals surface area (Å²) < 4.78 is 22.2. The van der Waals surface area contributed by atoms with E-state index in [4.69, 9.17) is 18.6 Å². The zero-order valence-corrected chi connectivity index (χ0v) is 17.8. The van der Waals surface area contributed by atoms with Crippen molar-refractivity contribution < 1.29 is 23.4 Å². The average molecular weight is 410 g/mol. The zero-order valence-electron chi connectivity index (χ0n) is 17.8. The van der Waals surface area contributed by atoms with Crippen molar-refractivity contribution in [2.45, 2.75) is 33.8 Å². The molecule has 1 atom stereocenters. The second-order valence-electron chi connectivity index (χ2n) is 7.43. The Hall–Kier alpha value is -3.35. The van der Waals surface area contributed by atoms with Crippen LogP contribution < -0.4 is 9.47 Å². The standard InChI is InChI=1S/C23H26N2O5/c1-14(2)13-28-19-11-10-18(12-20(19)27-5)23(26)29-16(4)21-24-25-22(30-21)17-8-6-15(3)7-9-17/h6-12,14,16H,13H2,1-5H3/t16-/m0/s1. The summed E-state index contributed by atoms with van der Waals surface area (Å²) in [4.78, 5) is 12.6. The van der Waals surface area contributed by atoms with Crippen molar-refractivity contribution in [2.24, 2.45) is 5.92 Å². The second-order valence-corrected chi connectivity index (χ2v) is 7.43. The molecule has 0 saturated carbocycles. The lowest BCUT2D eigenvalue weighted by Crippen LogP contribution is -2.10. The number of esters is 1. The molecule has 0 amide bonds. The van der Waals surface area contributed by atoms with Gasteiger partial charge in [0.25, 0.3) is 5.89 Å². The molecule has 0 radical (unpaired) electrons. The number of aryl methyl sites for hydroxylation is 1. The first-order chi connectivity index (χ1) is 14.4. The van der Waals surface area contributed by atoms with Gasteiger partial charge in [0.1, 0.15) is 0 Å². The molecule has 1 aromatic heterocycles. The number of carbonyl (C=O) groups is 1. The summed E-state index contributed by atoms with van der Waals surface area (Å²) in [6.07, 6.45) is -0.702. The van der Waals surface area contributed by atoms with Gasteiger partial charge in [0.2, 0.25) is 5.89 Å². The fourth-order valence-corrected chi connectivity index (χ4v) is 2.66. The third-order valence-corrected chi connectivity index (χ3v) is 4.34. The first-order valence-corrected chi connectivity index (χ1v) is 9.79. The lowest BCUT2D eigenvalue weighted by Gasteiger charge is -2.14. The van der Waals surface area contributed by atoms with Crippen LogP contribution in [0, 0.1) is 12.8 Å². The number of hydrogen-bond acceptors (Lipinski definition) is 7. The van der Waals surface area contributed by atoms with Crippen molar-refractivity contribution in [3.8, 4) is 23.0 Å². The smallest absolute Gasteiger partial charge is 0.339 e. The molecule has 158 valence electrons. The monoisotopic (exact) mass is 410 g/mol. The fraction of sp³-hybridized carbons (Fsp3) is 0.348. The summed E-state index contributed by atoms with van der Waals surface area (Å²) in [6, 6.07) is 12.7. The molecule has 0 saturated heterocycles. The maximum atomic E-state index is 12.6. The van der Waals surface area contributed by atoms with Crippen LogP contribution in [-0.4, -0.2) is 29.9 Å². The molecule has 0 N–H and O–H groups in total. The van der Waals surface area contributed by atoms with E-state index in [0.717, 1.165) is 11.1 Å². The number of benzene rings is 2. The molecule has 0 aliphatic heterocycles. The van der Waals surface area contributed by atoms with E-state index in [1.165, 1.54) is 7.11 Å². The van der Waals surface area contributed by atoms with Gasteiger partial charge < -0.3 is 18.6 Å². The maximum absolute atomic E-state index is 12.6. The van der Waals surface area contributed by atoms with Gasteiger partial charge in [-0.2, -0.15) is 0 Å². The normalized spacial score (nSPS) is 11.9. The quantitative estimate of drug-likeness (QED) is 0.483. The lowest BCUT2D eigenvalue weighted by atomic mass is 10.1. The van der Waals surface area contributed by atoms with E-state index in [9.17, 15) is 4.79 Å². The first-order valence-electron chi connectivity index (χ1n) is 9.79. The van der Waals surface area contributed by atoms with Crippen LogP contribution >= 0.6 is 0 Å². The van der Waals surface area contributed by atoms with Gasteiger partial charge in [-0.1, -0.05) is 31.5 Å². The first kappa shape index (κ1) is 21.4. The van der Waals surface area contributed by atoms with Crippen LogP contribution in [-0.2, 0) is 4.74 Å². The SMILES string of the molecule is COc1cc(C(=O)O[C@@H](C)c2nnc(-c3ccc(C)cc3)o2)ccc1OCC(C)C. The Morgan fingerprint density at radius 3 is 2.43 bits per heavy atom. The van der Waals surface area contributed by atoms with E-state index >= 15 is 0 Å². The van der Waals surface area contributed by atoms with Crippen molar-refractivity contribution in [3.63, 3.8) is 0 Å². The molecule has 0 spiro atoms. The minimum atomic E-state index is -0.702. The Labute approximate surface area is 176 Å². The van der Waals surface area contributed by atoms with Gasteiger partial charge >= 0.3 is 5.97 Å². The van der Waals surface area contributed by atoms with E-state index in [1.54, 1.807) is 25.1 Å². The number of nitrogens with zero attached hydrogens (tertiary/aromatic N) is 2. The van der Waals surface area contributed by atoms with Crippen LogP contribution in [0.3, 0.4) is 0 Å². The molecule has 7 heteroatoms. The molecule has 7 nitrogen and oxygen atoms in total. The van der Waals surface area contributed by atoms with Crippen molar-refractivity contribution in [1.29, 1.82) is 0 Å². The highest BCUT2D eigenvalue weighted by molar-refractivity contribution is 5.90. The van der Waals surface area contributed by atoms with Crippen LogP contribution in [0.25, 0.3) is 11.5 Å². The molecule has 0 unspecified atom stereocenters. The van der Waals surface area contributed by atoms with Gasteiger partial charge in [0, 0.05) is 5.56 Å². The van der Waals surface area contributed by atoms with Crippen molar-refractivity contribution >= 4 is 5.97 Å². The topological polar surface area (TPSA) is 83.7 Å². The van der Waals surface area contributed by atoms with Crippen molar-refractivity contribution in [2.75, 3.05) is 13.7 Å². The molecule has 30 heavy (non-hydrogen) atoms. The molecule has 2 aromatic carbocycles. The number of methoxy groups -OCH3 is 1. The molecule has 1 heterocycles. The van der Waals surface area contributed by atoms with E-state index in [-0.39, 0.29) is 5.89 Å². The van der Waals surface area contributed by atoms with E-state index in [2.05, 4.69) is 24.0 Å². The molecule has 0 aliphatic rings. The minimum absolute atomic E-state index is 0.225. The summed E-state index contributed by atoms with van der Waals surface area (Å²) in [5, 5.41) is 8.06. The van der Waals surface area contributed by atoms with Crippen LogP contribution in [0.5, 0.6) is 11.5 Å². The van der Waals surface area contributed by atoms with E-state index < -0.39 is 12.1 Å². The maximum Gasteiger partial charge on any atom is 0.339 e. The number of hydrogen-bond donors (Lipinski definition) is 0. The summed E-state index contributed by atoms with van der Waals surface area (Å²) in [7, 11) is 1.53. The van der Waals surface area contributed by atoms with Gasteiger partial charge in [0.05, 0.1) is 19.3 Å². The Morgan fingerprint density at radius 2 is 1.77 bits per heavy atom. The molecule has 0 fully saturated rings. The van der Waals surface area contributed by atoms with Gasteiger partial charge in [-0.15, -0.1) is 10.2 Å². The van der Waals surface area contributed by atoms with Gasteiger partial charge in [0.15, 0.2) is 17.6 Å². The highest BCUT2D eigenvalue weighted by Crippen LogP contribution is 2.30. The predicted molar refractivity (Wildman–Crippen MR) is 112 cm³/mol. The number of ether oxygens (including phenoxy) is 3. The summed E-state index contributed by atoms with van der Waals surface area (Å²) in [6.45, 7) is 8.35.